The van der Waals surface area contributed by atoms with Crippen LogP contribution in [0.1, 0.15) is 10.4 Å². The molecule has 1 heterocycles. The number of aromatic hydroxyl groups is 1. The lowest BCUT2D eigenvalue weighted by Gasteiger charge is -2.06. The fourth-order valence-corrected chi connectivity index (χ4v) is 2.07. The molecule has 19 heavy (non-hydrogen) atoms. The second-order valence-electron chi connectivity index (χ2n) is 4.13. The second-order valence-corrected chi connectivity index (χ2v) is 4.13. The van der Waals surface area contributed by atoms with Crippen molar-refractivity contribution in [3.8, 4) is 17.0 Å². The Hall–Kier alpha value is -2.75. The minimum absolute atomic E-state index is 0.0415. The standard InChI is InChI=1S/C15H10N2O2/c18-8-11-3-1-2-4-12(11)10-5-6-13-14(7-10)16-9-17-15(13)19/h1-9H,(H,16,17,19). The number of aromatic nitrogens is 2. The number of hydrogen-bond acceptors (Lipinski definition) is 4. The number of rotatable bonds is 2. The van der Waals surface area contributed by atoms with E-state index in [0.717, 1.165) is 17.4 Å². The van der Waals surface area contributed by atoms with Crippen LogP contribution in [-0.2, 0) is 0 Å². The summed E-state index contributed by atoms with van der Waals surface area (Å²) in [5.74, 6) is -0.0415. The van der Waals surface area contributed by atoms with E-state index in [1.165, 1.54) is 6.33 Å². The molecule has 0 aliphatic heterocycles. The molecule has 0 saturated carbocycles. The molecule has 1 aromatic heterocycles. The van der Waals surface area contributed by atoms with Gasteiger partial charge in [-0.05, 0) is 23.3 Å². The quantitative estimate of drug-likeness (QED) is 0.710. The number of carbonyl (C=O) groups excluding carboxylic acids is 1. The lowest BCUT2D eigenvalue weighted by Crippen LogP contribution is -1.88. The summed E-state index contributed by atoms with van der Waals surface area (Å²) >= 11 is 0. The molecule has 0 unspecified atom stereocenters. The van der Waals surface area contributed by atoms with Crippen molar-refractivity contribution < 1.29 is 9.90 Å². The van der Waals surface area contributed by atoms with Crippen LogP contribution in [0.25, 0.3) is 22.0 Å². The van der Waals surface area contributed by atoms with Gasteiger partial charge in [0, 0.05) is 5.56 Å². The summed E-state index contributed by atoms with van der Waals surface area (Å²) in [6, 6.07) is 12.8. The summed E-state index contributed by atoms with van der Waals surface area (Å²) in [5, 5.41) is 10.2. The van der Waals surface area contributed by atoms with Crippen molar-refractivity contribution in [2.45, 2.75) is 0 Å². The van der Waals surface area contributed by atoms with Crippen LogP contribution in [0.15, 0.2) is 48.8 Å². The van der Waals surface area contributed by atoms with E-state index in [-0.39, 0.29) is 5.88 Å². The summed E-state index contributed by atoms with van der Waals surface area (Å²) < 4.78 is 0. The lowest BCUT2D eigenvalue weighted by molar-refractivity contribution is 0.112. The molecule has 4 heteroatoms. The van der Waals surface area contributed by atoms with Crippen molar-refractivity contribution in [3.05, 3.63) is 54.4 Å². The molecule has 3 aromatic rings. The monoisotopic (exact) mass is 250 g/mol. The minimum Gasteiger partial charge on any atom is -0.493 e. The third kappa shape index (κ3) is 1.93. The molecule has 92 valence electrons. The summed E-state index contributed by atoms with van der Waals surface area (Å²) in [7, 11) is 0. The first-order valence-electron chi connectivity index (χ1n) is 5.78. The van der Waals surface area contributed by atoms with Gasteiger partial charge in [-0.1, -0.05) is 30.3 Å². The maximum absolute atomic E-state index is 11.1. The van der Waals surface area contributed by atoms with Gasteiger partial charge >= 0.3 is 0 Å². The van der Waals surface area contributed by atoms with Crippen LogP contribution in [-0.4, -0.2) is 21.4 Å². The number of benzene rings is 2. The van der Waals surface area contributed by atoms with E-state index in [9.17, 15) is 9.90 Å². The highest BCUT2D eigenvalue weighted by atomic mass is 16.3. The Balaban J connectivity index is 2.24. The van der Waals surface area contributed by atoms with E-state index >= 15 is 0 Å². The van der Waals surface area contributed by atoms with Crippen LogP contribution in [0.4, 0.5) is 0 Å². The molecule has 1 N–H and O–H groups in total. The van der Waals surface area contributed by atoms with Gasteiger partial charge in [-0.2, -0.15) is 0 Å². The molecule has 0 fully saturated rings. The van der Waals surface area contributed by atoms with Gasteiger partial charge in [0.25, 0.3) is 0 Å². The van der Waals surface area contributed by atoms with E-state index < -0.39 is 0 Å². The first-order valence-corrected chi connectivity index (χ1v) is 5.78. The van der Waals surface area contributed by atoms with E-state index in [1.54, 1.807) is 12.1 Å². The number of hydrogen-bond donors (Lipinski definition) is 1. The van der Waals surface area contributed by atoms with Gasteiger partial charge in [0.1, 0.15) is 6.33 Å². The largest absolute Gasteiger partial charge is 0.493 e. The summed E-state index contributed by atoms with van der Waals surface area (Å²) in [6.45, 7) is 0. The average Bonchev–Trinajstić information content (AvgIpc) is 2.47. The third-order valence-electron chi connectivity index (χ3n) is 3.01. The zero-order valence-electron chi connectivity index (χ0n) is 9.95. The predicted molar refractivity (Wildman–Crippen MR) is 72.0 cm³/mol. The molecule has 0 spiro atoms. The van der Waals surface area contributed by atoms with Crippen LogP contribution in [0, 0.1) is 0 Å². The molecule has 0 radical (unpaired) electrons. The Morgan fingerprint density at radius 3 is 2.74 bits per heavy atom. The van der Waals surface area contributed by atoms with Crippen molar-refractivity contribution in [2.75, 3.05) is 0 Å². The van der Waals surface area contributed by atoms with E-state index in [0.29, 0.717) is 16.5 Å². The topological polar surface area (TPSA) is 63.1 Å². The van der Waals surface area contributed by atoms with Gasteiger partial charge in [-0.3, -0.25) is 4.79 Å². The van der Waals surface area contributed by atoms with Gasteiger partial charge in [0.05, 0.1) is 10.9 Å². The van der Waals surface area contributed by atoms with Crippen molar-refractivity contribution in [1.29, 1.82) is 0 Å². The molecular weight excluding hydrogens is 240 g/mol. The molecule has 0 saturated heterocycles. The number of carbonyl (C=O) groups is 1. The summed E-state index contributed by atoms with van der Waals surface area (Å²) in [5.41, 5.74) is 3.00. The molecule has 2 aromatic carbocycles. The van der Waals surface area contributed by atoms with Gasteiger partial charge in [0.15, 0.2) is 6.29 Å². The smallest absolute Gasteiger partial charge is 0.221 e. The maximum Gasteiger partial charge on any atom is 0.221 e. The average molecular weight is 250 g/mol. The summed E-state index contributed by atoms with van der Waals surface area (Å²) in [4.78, 5) is 18.9. The van der Waals surface area contributed by atoms with Gasteiger partial charge in [-0.25, -0.2) is 9.97 Å². The molecule has 0 bridgehead atoms. The molecule has 0 aliphatic rings. The fraction of sp³-hybridized carbons (Fsp3) is 0. The minimum atomic E-state index is -0.0415. The van der Waals surface area contributed by atoms with Crippen LogP contribution >= 0.6 is 0 Å². The van der Waals surface area contributed by atoms with Crippen molar-refractivity contribution in [3.63, 3.8) is 0 Å². The first-order chi connectivity index (χ1) is 9.29. The first kappa shape index (κ1) is 11.3. The number of aldehydes is 1. The van der Waals surface area contributed by atoms with Gasteiger partial charge < -0.3 is 5.11 Å². The van der Waals surface area contributed by atoms with Crippen LogP contribution < -0.4 is 0 Å². The highest BCUT2D eigenvalue weighted by molar-refractivity contribution is 5.92. The maximum atomic E-state index is 11.1. The molecule has 4 nitrogen and oxygen atoms in total. The van der Waals surface area contributed by atoms with Crippen LogP contribution in [0.5, 0.6) is 5.88 Å². The molecular formula is C15H10N2O2. The predicted octanol–water partition coefficient (Wildman–Crippen LogP) is 2.81. The second kappa shape index (κ2) is 4.49. The Labute approximate surface area is 109 Å². The van der Waals surface area contributed by atoms with Gasteiger partial charge in [-0.15, -0.1) is 0 Å². The number of nitrogens with zero attached hydrogens (tertiary/aromatic N) is 2. The van der Waals surface area contributed by atoms with Crippen LogP contribution in [0.2, 0.25) is 0 Å². The Bertz CT molecular complexity index is 769. The van der Waals surface area contributed by atoms with E-state index in [2.05, 4.69) is 9.97 Å². The zero-order chi connectivity index (χ0) is 13.2. The Kier molecular flexibility index (Phi) is 2.68. The molecule has 0 aliphatic carbocycles. The van der Waals surface area contributed by atoms with Crippen molar-refractivity contribution >= 4 is 17.2 Å². The SMILES string of the molecule is O=Cc1ccccc1-c1ccc2c(O)ncnc2c1. The fourth-order valence-electron chi connectivity index (χ4n) is 2.07. The zero-order valence-corrected chi connectivity index (χ0v) is 9.95. The van der Waals surface area contributed by atoms with Crippen molar-refractivity contribution in [2.24, 2.45) is 0 Å². The Morgan fingerprint density at radius 2 is 1.89 bits per heavy atom. The molecule has 0 atom stereocenters. The molecule has 3 rings (SSSR count). The van der Waals surface area contributed by atoms with E-state index in [4.69, 9.17) is 0 Å². The van der Waals surface area contributed by atoms with Crippen molar-refractivity contribution in [1.82, 2.24) is 9.97 Å². The molecule has 0 amide bonds. The highest BCUT2D eigenvalue weighted by Crippen LogP contribution is 2.28. The third-order valence-corrected chi connectivity index (χ3v) is 3.01. The highest BCUT2D eigenvalue weighted by Gasteiger charge is 2.07. The van der Waals surface area contributed by atoms with E-state index in [1.807, 2.05) is 30.3 Å². The van der Waals surface area contributed by atoms with Crippen LogP contribution in [0.3, 0.4) is 0 Å². The van der Waals surface area contributed by atoms with Gasteiger partial charge in [0.2, 0.25) is 5.88 Å². The number of fused-ring (bicyclic) bond motifs is 1. The summed E-state index contributed by atoms with van der Waals surface area (Å²) in [6.07, 6.45) is 2.14. The normalized spacial score (nSPS) is 10.5. The Morgan fingerprint density at radius 1 is 1.05 bits per heavy atom. The lowest BCUT2D eigenvalue weighted by atomic mass is 9.99.